The van der Waals surface area contributed by atoms with Gasteiger partial charge in [-0.25, -0.2) is 4.39 Å². The van der Waals surface area contributed by atoms with Gasteiger partial charge in [0.25, 0.3) is 0 Å². The number of anilines is 1. The molecule has 2 aromatic rings. The molecule has 2 N–H and O–H groups in total. The number of hydrogen-bond donors (Lipinski definition) is 1. The summed E-state index contributed by atoms with van der Waals surface area (Å²) >= 11 is 0. The first-order valence-electron chi connectivity index (χ1n) is 6.84. The third kappa shape index (κ3) is 3.81. The quantitative estimate of drug-likeness (QED) is 0.905. The van der Waals surface area contributed by atoms with Gasteiger partial charge in [-0.1, -0.05) is 29.8 Å². The van der Waals surface area contributed by atoms with Gasteiger partial charge in [-0.05, 0) is 49.2 Å². The number of benzene rings is 2. The summed E-state index contributed by atoms with van der Waals surface area (Å²) in [7, 11) is 1.98. The summed E-state index contributed by atoms with van der Waals surface area (Å²) in [5, 5.41) is 0. The highest BCUT2D eigenvalue weighted by Crippen LogP contribution is 2.20. The van der Waals surface area contributed by atoms with Gasteiger partial charge in [-0.3, -0.25) is 0 Å². The summed E-state index contributed by atoms with van der Waals surface area (Å²) in [5.41, 5.74) is 9.82. The highest BCUT2D eigenvalue weighted by molar-refractivity contribution is 5.49. The van der Waals surface area contributed by atoms with Gasteiger partial charge in [-0.2, -0.15) is 0 Å². The van der Waals surface area contributed by atoms with Crippen molar-refractivity contribution in [2.24, 2.45) is 5.73 Å². The molecule has 0 aliphatic rings. The lowest BCUT2D eigenvalue weighted by Crippen LogP contribution is -2.17. The second-order valence-electron chi connectivity index (χ2n) is 5.20. The van der Waals surface area contributed by atoms with Crippen LogP contribution >= 0.6 is 0 Å². The summed E-state index contributed by atoms with van der Waals surface area (Å²) in [6.45, 7) is 3.36. The van der Waals surface area contributed by atoms with Crippen LogP contribution in [-0.4, -0.2) is 13.6 Å². The fraction of sp³-hybridized carbons (Fsp3) is 0.294. The van der Waals surface area contributed by atoms with Crippen LogP contribution in [0.4, 0.5) is 10.1 Å². The zero-order valence-electron chi connectivity index (χ0n) is 12.1. The molecule has 0 aliphatic carbocycles. The Kier molecular flexibility index (Phi) is 4.74. The van der Waals surface area contributed by atoms with Gasteiger partial charge >= 0.3 is 0 Å². The zero-order chi connectivity index (χ0) is 14.5. The van der Waals surface area contributed by atoms with Crippen molar-refractivity contribution in [3.05, 3.63) is 65.0 Å². The number of nitrogens with zero attached hydrogens (tertiary/aromatic N) is 1. The van der Waals surface area contributed by atoms with Crippen molar-refractivity contribution in [1.82, 2.24) is 0 Å². The molecule has 0 spiro atoms. The molecule has 2 nitrogen and oxygen atoms in total. The van der Waals surface area contributed by atoms with Crippen LogP contribution in [-0.2, 0) is 13.0 Å². The minimum absolute atomic E-state index is 0.206. The predicted octanol–water partition coefficient (Wildman–Crippen LogP) is 3.27. The van der Waals surface area contributed by atoms with Crippen molar-refractivity contribution in [2.75, 3.05) is 18.5 Å². The van der Waals surface area contributed by atoms with Gasteiger partial charge in [0.05, 0.1) is 0 Å². The Balaban J connectivity index is 2.18. The molecule has 106 valence electrons. The molecule has 2 aromatic carbocycles. The third-order valence-electron chi connectivity index (χ3n) is 3.32. The monoisotopic (exact) mass is 272 g/mol. The van der Waals surface area contributed by atoms with E-state index >= 15 is 0 Å². The van der Waals surface area contributed by atoms with Crippen molar-refractivity contribution >= 4 is 5.69 Å². The Bertz CT molecular complexity index is 581. The van der Waals surface area contributed by atoms with E-state index in [1.165, 1.54) is 11.1 Å². The van der Waals surface area contributed by atoms with Crippen LogP contribution in [0.15, 0.2) is 42.5 Å². The van der Waals surface area contributed by atoms with Crippen LogP contribution in [0.25, 0.3) is 0 Å². The standard InChI is InChI=1S/C17H21FN2/c1-13-4-3-5-15(8-13)12-20(2)17-10-14(6-7-19)9-16(18)11-17/h3-5,8-11H,6-7,12,19H2,1-2H3. The van der Waals surface area contributed by atoms with Crippen LogP contribution in [0.5, 0.6) is 0 Å². The van der Waals surface area contributed by atoms with Crippen LogP contribution in [0.1, 0.15) is 16.7 Å². The minimum atomic E-state index is -0.206. The van der Waals surface area contributed by atoms with Gasteiger partial charge in [-0.15, -0.1) is 0 Å². The fourth-order valence-corrected chi connectivity index (χ4v) is 2.34. The largest absolute Gasteiger partial charge is 0.370 e. The third-order valence-corrected chi connectivity index (χ3v) is 3.32. The van der Waals surface area contributed by atoms with E-state index in [1.807, 2.05) is 19.2 Å². The normalized spacial score (nSPS) is 10.6. The van der Waals surface area contributed by atoms with E-state index in [9.17, 15) is 4.39 Å². The van der Waals surface area contributed by atoms with Gasteiger partial charge < -0.3 is 10.6 Å². The van der Waals surface area contributed by atoms with Crippen molar-refractivity contribution < 1.29 is 4.39 Å². The van der Waals surface area contributed by atoms with Gasteiger partial charge in [0.15, 0.2) is 0 Å². The first kappa shape index (κ1) is 14.5. The first-order chi connectivity index (χ1) is 9.58. The molecule has 3 heteroatoms. The molecule has 0 bridgehead atoms. The van der Waals surface area contributed by atoms with Crippen molar-refractivity contribution in [2.45, 2.75) is 19.9 Å². The summed E-state index contributed by atoms with van der Waals surface area (Å²) < 4.78 is 13.6. The maximum absolute atomic E-state index is 13.6. The van der Waals surface area contributed by atoms with Crippen LogP contribution < -0.4 is 10.6 Å². The second kappa shape index (κ2) is 6.53. The minimum Gasteiger partial charge on any atom is -0.370 e. The van der Waals surface area contributed by atoms with Crippen LogP contribution in [0.3, 0.4) is 0 Å². The molecule has 20 heavy (non-hydrogen) atoms. The Hall–Kier alpha value is -1.87. The zero-order valence-corrected chi connectivity index (χ0v) is 12.1. The van der Waals surface area contributed by atoms with E-state index in [1.54, 1.807) is 12.1 Å². The van der Waals surface area contributed by atoms with E-state index in [0.29, 0.717) is 13.0 Å². The molecule has 0 saturated heterocycles. The van der Waals surface area contributed by atoms with E-state index in [0.717, 1.165) is 17.8 Å². The van der Waals surface area contributed by atoms with Crippen LogP contribution in [0, 0.1) is 12.7 Å². The highest BCUT2D eigenvalue weighted by Gasteiger charge is 2.06. The Morgan fingerprint density at radius 2 is 1.90 bits per heavy atom. The van der Waals surface area contributed by atoms with Crippen molar-refractivity contribution in [3.8, 4) is 0 Å². The average molecular weight is 272 g/mol. The lowest BCUT2D eigenvalue weighted by molar-refractivity contribution is 0.624. The molecule has 2 rings (SSSR count). The molecule has 0 fully saturated rings. The molecule has 0 amide bonds. The molecule has 0 heterocycles. The van der Waals surface area contributed by atoms with Crippen molar-refractivity contribution in [1.29, 1.82) is 0 Å². The summed E-state index contributed by atoms with van der Waals surface area (Å²) in [6, 6.07) is 13.5. The summed E-state index contributed by atoms with van der Waals surface area (Å²) in [5.74, 6) is -0.206. The Morgan fingerprint density at radius 1 is 1.10 bits per heavy atom. The topological polar surface area (TPSA) is 29.3 Å². The molecule has 0 aromatic heterocycles. The number of rotatable bonds is 5. The number of halogens is 1. The molecular weight excluding hydrogens is 251 g/mol. The predicted molar refractivity (Wildman–Crippen MR) is 82.4 cm³/mol. The first-order valence-corrected chi connectivity index (χ1v) is 6.84. The molecular formula is C17H21FN2. The SMILES string of the molecule is Cc1cccc(CN(C)c2cc(F)cc(CCN)c2)c1. The Morgan fingerprint density at radius 3 is 2.60 bits per heavy atom. The van der Waals surface area contributed by atoms with Gasteiger partial charge in [0, 0.05) is 19.3 Å². The lowest BCUT2D eigenvalue weighted by Gasteiger charge is -2.20. The molecule has 0 radical (unpaired) electrons. The van der Waals surface area contributed by atoms with Crippen LogP contribution in [0.2, 0.25) is 0 Å². The maximum atomic E-state index is 13.6. The number of nitrogens with two attached hydrogens (primary N) is 1. The molecule has 0 aliphatic heterocycles. The smallest absolute Gasteiger partial charge is 0.125 e. The van der Waals surface area contributed by atoms with Gasteiger partial charge in [0.1, 0.15) is 5.82 Å². The number of aryl methyl sites for hydroxylation is 1. The molecule has 0 atom stereocenters. The summed E-state index contributed by atoms with van der Waals surface area (Å²) in [6.07, 6.45) is 0.697. The van der Waals surface area contributed by atoms with Crippen molar-refractivity contribution in [3.63, 3.8) is 0 Å². The summed E-state index contributed by atoms with van der Waals surface area (Å²) in [4.78, 5) is 2.05. The highest BCUT2D eigenvalue weighted by atomic mass is 19.1. The lowest BCUT2D eigenvalue weighted by atomic mass is 10.1. The number of hydrogen-bond acceptors (Lipinski definition) is 2. The fourth-order valence-electron chi connectivity index (χ4n) is 2.34. The maximum Gasteiger partial charge on any atom is 0.125 e. The second-order valence-corrected chi connectivity index (χ2v) is 5.20. The van der Waals surface area contributed by atoms with E-state index < -0.39 is 0 Å². The van der Waals surface area contributed by atoms with Gasteiger partial charge in [0.2, 0.25) is 0 Å². The van der Waals surface area contributed by atoms with E-state index in [-0.39, 0.29) is 5.82 Å². The Labute approximate surface area is 120 Å². The molecule has 0 saturated carbocycles. The molecule has 0 unspecified atom stereocenters. The average Bonchev–Trinajstić information content (AvgIpc) is 2.38. The van der Waals surface area contributed by atoms with E-state index in [4.69, 9.17) is 5.73 Å². The van der Waals surface area contributed by atoms with E-state index in [2.05, 4.69) is 30.0 Å².